The Kier molecular flexibility index (Phi) is 5.27. The number of anilines is 3. The maximum Gasteiger partial charge on any atom is 0.229 e. The fourth-order valence-electron chi connectivity index (χ4n) is 2.19. The van der Waals surface area contributed by atoms with Crippen LogP contribution in [0.5, 0.6) is 0 Å². The molecule has 3 rings (SSSR count). The van der Waals surface area contributed by atoms with Gasteiger partial charge in [0.2, 0.25) is 5.95 Å². The zero-order chi connectivity index (χ0) is 18.7. The number of aryl methyl sites for hydroxylation is 1. The number of hydrogen-bond acceptors (Lipinski definition) is 5. The second kappa shape index (κ2) is 7.61. The summed E-state index contributed by atoms with van der Waals surface area (Å²) in [5.41, 5.74) is 0.357. The van der Waals surface area contributed by atoms with E-state index in [1.165, 1.54) is 6.20 Å². The van der Waals surface area contributed by atoms with E-state index in [0.29, 0.717) is 24.4 Å². The molecule has 0 saturated heterocycles. The molecule has 0 bridgehead atoms. The minimum atomic E-state index is -0.995. The van der Waals surface area contributed by atoms with E-state index in [-0.39, 0.29) is 28.9 Å². The van der Waals surface area contributed by atoms with Gasteiger partial charge in [-0.05, 0) is 6.92 Å². The van der Waals surface area contributed by atoms with Gasteiger partial charge in [0, 0.05) is 37.0 Å². The van der Waals surface area contributed by atoms with Crippen LogP contribution in [0.3, 0.4) is 0 Å². The Morgan fingerprint density at radius 2 is 1.88 bits per heavy atom. The fourth-order valence-corrected chi connectivity index (χ4v) is 2.35. The molecule has 0 amide bonds. The highest BCUT2D eigenvalue weighted by Gasteiger charge is 2.13. The third-order valence-corrected chi connectivity index (χ3v) is 3.77. The van der Waals surface area contributed by atoms with Crippen LogP contribution in [0.15, 0.2) is 30.7 Å². The lowest BCUT2D eigenvalue weighted by Gasteiger charge is -2.10. The SMILES string of the molecule is CCn1cc(Nc2ncc(Cl)c(NCc3c(F)cc(F)cc3F)n2)cn1. The van der Waals surface area contributed by atoms with Crippen molar-refractivity contribution in [1.29, 1.82) is 0 Å². The highest BCUT2D eigenvalue weighted by atomic mass is 35.5. The Bertz CT molecular complexity index is 907. The molecule has 0 spiro atoms. The average Bonchev–Trinajstić information content (AvgIpc) is 3.04. The molecule has 0 aliphatic carbocycles. The van der Waals surface area contributed by atoms with E-state index >= 15 is 0 Å². The third kappa shape index (κ3) is 4.05. The molecule has 0 saturated carbocycles. The molecule has 0 atom stereocenters. The van der Waals surface area contributed by atoms with Crippen molar-refractivity contribution >= 4 is 29.1 Å². The molecule has 10 heteroatoms. The Balaban J connectivity index is 1.76. The standard InChI is InChI=1S/C16H14ClF3N6/c1-2-26-8-10(5-23-26)24-16-22-7-12(17)15(25-16)21-6-11-13(19)3-9(18)4-14(11)20/h3-5,7-8H,2,6H2,1H3,(H2,21,22,24,25). The molecule has 0 aliphatic heterocycles. The second-order valence-corrected chi connectivity index (χ2v) is 5.71. The van der Waals surface area contributed by atoms with Gasteiger partial charge < -0.3 is 10.6 Å². The molecule has 1 aromatic carbocycles. The Hall–Kier alpha value is -2.81. The summed E-state index contributed by atoms with van der Waals surface area (Å²) in [7, 11) is 0. The van der Waals surface area contributed by atoms with Crippen LogP contribution >= 0.6 is 11.6 Å². The summed E-state index contributed by atoms with van der Waals surface area (Å²) in [6.07, 6.45) is 4.73. The van der Waals surface area contributed by atoms with Crippen molar-refractivity contribution in [2.75, 3.05) is 10.6 Å². The van der Waals surface area contributed by atoms with Gasteiger partial charge in [0.15, 0.2) is 5.82 Å². The molecular weight excluding hydrogens is 369 g/mol. The Labute approximate surface area is 152 Å². The Morgan fingerprint density at radius 3 is 2.54 bits per heavy atom. The van der Waals surface area contributed by atoms with Crippen molar-refractivity contribution in [3.63, 3.8) is 0 Å². The van der Waals surface area contributed by atoms with Crippen LogP contribution in [0, 0.1) is 17.5 Å². The molecule has 6 nitrogen and oxygen atoms in total. The first-order valence-corrected chi connectivity index (χ1v) is 8.03. The lowest BCUT2D eigenvalue weighted by molar-refractivity contribution is 0.526. The van der Waals surface area contributed by atoms with Crippen molar-refractivity contribution in [2.45, 2.75) is 20.0 Å². The maximum atomic E-state index is 13.7. The van der Waals surface area contributed by atoms with Gasteiger partial charge in [0.1, 0.15) is 22.5 Å². The first-order valence-electron chi connectivity index (χ1n) is 7.65. The van der Waals surface area contributed by atoms with Gasteiger partial charge in [-0.2, -0.15) is 10.1 Å². The lowest BCUT2D eigenvalue weighted by atomic mass is 10.2. The van der Waals surface area contributed by atoms with Gasteiger partial charge in [-0.25, -0.2) is 18.2 Å². The van der Waals surface area contributed by atoms with Crippen LogP contribution in [0.25, 0.3) is 0 Å². The van der Waals surface area contributed by atoms with Crippen molar-refractivity contribution in [2.24, 2.45) is 0 Å². The minimum Gasteiger partial charge on any atom is -0.364 e. The number of nitrogens with one attached hydrogen (secondary N) is 2. The third-order valence-electron chi connectivity index (χ3n) is 3.50. The van der Waals surface area contributed by atoms with Gasteiger partial charge in [0.05, 0.1) is 18.1 Å². The van der Waals surface area contributed by atoms with Gasteiger partial charge in [-0.15, -0.1) is 0 Å². The molecule has 0 fully saturated rings. The summed E-state index contributed by atoms with van der Waals surface area (Å²) in [4.78, 5) is 8.22. The number of hydrogen-bond donors (Lipinski definition) is 2. The van der Waals surface area contributed by atoms with Crippen LogP contribution in [-0.2, 0) is 13.1 Å². The molecule has 2 aromatic heterocycles. The molecule has 136 valence electrons. The predicted octanol–water partition coefficient (Wildman–Crippen LogP) is 4.12. The number of halogens is 4. The van der Waals surface area contributed by atoms with Crippen LogP contribution in [0.2, 0.25) is 5.02 Å². The van der Waals surface area contributed by atoms with Crippen molar-refractivity contribution in [3.05, 3.63) is 58.8 Å². The minimum absolute atomic E-state index is 0.169. The van der Waals surface area contributed by atoms with E-state index < -0.39 is 17.5 Å². The highest BCUT2D eigenvalue weighted by molar-refractivity contribution is 6.32. The zero-order valence-corrected chi connectivity index (χ0v) is 14.4. The van der Waals surface area contributed by atoms with E-state index in [1.54, 1.807) is 17.1 Å². The van der Waals surface area contributed by atoms with Crippen LogP contribution in [0.4, 0.5) is 30.6 Å². The molecule has 0 aliphatic rings. The number of aromatic nitrogens is 4. The number of nitrogens with zero attached hydrogens (tertiary/aromatic N) is 4. The molecule has 3 aromatic rings. The van der Waals surface area contributed by atoms with Crippen LogP contribution < -0.4 is 10.6 Å². The first kappa shape index (κ1) is 18.0. The Morgan fingerprint density at radius 1 is 1.15 bits per heavy atom. The summed E-state index contributed by atoms with van der Waals surface area (Å²) >= 11 is 6.02. The summed E-state index contributed by atoms with van der Waals surface area (Å²) in [5.74, 6) is -2.57. The van der Waals surface area contributed by atoms with Gasteiger partial charge in [0.25, 0.3) is 0 Å². The van der Waals surface area contributed by atoms with E-state index in [1.807, 2.05) is 6.92 Å². The van der Waals surface area contributed by atoms with Gasteiger partial charge in [-0.3, -0.25) is 4.68 Å². The fraction of sp³-hybridized carbons (Fsp3) is 0.188. The van der Waals surface area contributed by atoms with E-state index in [0.717, 1.165) is 0 Å². The van der Waals surface area contributed by atoms with Crippen molar-refractivity contribution in [3.8, 4) is 0 Å². The quantitative estimate of drug-likeness (QED) is 0.671. The predicted molar refractivity (Wildman–Crippen MR) is 91.9 cm³/mol. The monoisotopic (exact) mass is 382 g/mol. The van der Waals surface area contributed by atoms with Gasteiger partial charge in [-0.1, -0.05) is 11.6 Å². The maximum absolute atomic E-state index is 13.7. The molecule has 2 N–H and O–H groups in total. The number of benzene rings is 1. The largest absolute Gasteiger partial charge is 0.364 e. The summed E-state index contributed by atoms with van der Waals surface area (Å²) < 4.78 is 42.1. The average molecular weight is 383 g/mol. The smallest absolute Gasteiger partial charge is 0.229 e. The highest BCUT2D eigenvalue weighted by Crippen LogP contribution is 2.23. The topological polar surface area (TPSA) is 67.7 Å². The summed E-state index contributed by atoms with van der Waals surface area (Å²) in [5, 5.41) is 9.96. The summed E-state index contributed by atoms with van der Waals surface area (Å²) in [6.45, 7) is 2.40. The van der Waals surface area contributed by atoms with Gasteiger partial charge >= 0.3 is 0 Å². The molecule has 0 unspecified atom stereocenters. The second-order valence-electron chi connectivity index (χ2n) is 5.30. The van der Waals surface area contributed by atoms with Crippen LogP contribution in [-0.4, -0.2) is 19.7 Å². The molecule has 0 radical (unpaired) electrons. The van der Waals surface area contributed by atoms with E-state index in [2.05, 4.69) is 25.7 Å². The van der Waals surface area contributed by atoms with E-state index in [9.17, 15) is 13.2 Å². The van der Waals surface area contributed by atoms with Crippen molar-refractivity contribution in [1.82, 2.24) is 19.7 Å². The molecular formula is C16H14ClF3N6. The lowest BCUT2D eigenvalue weighted by Crippen LogP contribution is -2.08. The molecule has 26 heavy (non-hydrogen) atoms. The van der Waals surface area contributed by atoms with Crippen LogP contribution in [0.1, 0.15) is 12.5 Å². The first-order chi connectivity index (χ1) is 12.5. The zero-order valence-electron chi connectivity index (χ0n) is 13.6. The summed E-state index contributed by atoms with van der Waals surface area (Å²) in [6, 6.07) is 1.22. The van der Waals surface area contributed by atoms with E-state index in [4.69, 9.17) is 11.6 Å². The van der Waals surface area contributed by atoms with Crippen molar-refractivity contribution < 1.29 is 13.2 Å². The number of rotatable bonds is 6. The molecule has 2 heterocycles. The normalized spacial score (nSPS) is 10.8.